The Kier molecular flexibility index (Phi) is 3.56. The lowest BCUT2D eigenvalue weighted by Crippen LogP contribution is -2.59. The van der Waals surface area contributed by atoms with Crippen molar-refractivity contribution >= 4 is 18.4 Å². The maximum absolute atomic E-state index is 2.40. The minimum atomic E-state index is -1.46. The van der Waals surface area contributed by atoms with E-state index in [1.807, 2.05) is 0 Å². The fourth-order valence-electron chi connectivity index (χ4n) is 3.53. The van der Waals surface area contributed by atoms with E-state index in [1.54, 1.807) is 10.4 Å². The van der Waals surface area contributed by atoms with Crippen molar-refractivity contribution in [3.8, 4) is 0 Å². The van der Waals surface area contributed by atoms with Crippen LogP contribution in [-0.2, 0) is 0 Å². The molecule has 0 N–H and O–H groups in total. The summed E-state index contributed by atoms with van der Waals surface area (Å²) in [6, 6.07) is 23.6. The Morgan fingerprint density at radius 3 is 1.89 bits per heavy atom. The molecule has 3 rings (SSSR count). The maximum Gasteiger partial charge on any atom is 0.118 e. The Balaban J connectivity index is 2.09. The topological polar surface area (TPSA) is 0 Å². The van der Waals surface area contributed by atoms with Gasteiger partial charge in [0.1, 0.15) is 8.07 Å². The molecule has 0 spiro atoms. The Hall–Kier alpha value is -1.34. The summed E-state index contributed by atoms with van der Waals surface area (Å²) in [6.45, 7) is 2.18. The van der Waals surface area contributed by atoms with Crippen molar-refractivity contribution < 1.29 is 0 Å². The lowest BCUT2D eigenvalue weighted by molar-refractivity contribution is 0.720. The summed E-state index contributed by atoms with van der Waals surface area (Å²) in [6.07, 6.45) is 4.25. The number of rotatable bonds is 2. The van der Waals surface area contributed by atoms with Gasteiger partial charge in [0.25, 0.3) is 0 Å². The molecule has 0 atom stereocenters. The van der Waals surface area contributed by atoms with Crippen molar-refractivity contribution in [3.63, 3.8) is 0 Å². The predicted octanol–water partition coefficient (Wildman–Crippen LogP) is 3.74. The van der Waals surface area contributed by atoms with Gasteiger partial charge in [0.05, 0.1) is 0 Å². The van der Waals surface area contributed by atoms with Crippen molar-refractivity contribution in [1.29, 1.82) is 0 Å². The molecule has 0 saturated carbocycles. The Bertz CT molecular complexity index is 521. The van der Waals surface area contributed by atoms with Gasteiger partial charge in [0.15, 0.2) is 0 Å². The first kappa shape index (κ1) is 12.7. The van der Waals surface area contributed by atoms with Crippen LogP contribution in [0.25, 0.3) is 0 Å². The first-order valence-corrected chi connectivity index (χ1v) is 9.85. The highest BCUT2D eigenvalue weighted by molar-refractivity contribution is 7.02. The molecule has 0 nitrogen and oxygen atoms in total. The van der Waals surface area contributed by atoms with Gasteiger partial charge in [-0.25, -0.2) is 0 Å². The van der Waals surface area contributed by atoms with E-state index >= 15 is 0 Å². The highest BCUT2D eigenvalue weighted by Gasteiger charge is 2.37. The van der Waals surface area contributed by atoms with Gasteiger partial charge in [-0.3, -0.25) is 0 Å². The van der Waals surface area contributed by atoms with Crippen LogP contribution in [-0.4, -0.2) is 8.07 Å². The number of hydrogen-bond donors (Lipinski definition) is 0. The van der Waals surface area contributed by atoms with Crippen molar-refractivity contribution in [2.75, 3.05) is 0 Å². The third-order valence-electron chi connectivity index (χ3n) is 4.64. The molecule has 0 bridgehead atoms. The molecule has 19 heavy (non-hydrogen) atoms. The quantitative estimate of drug-likeness (QED) is 0.726. The van der Waals surface area contributed by atoms with Crippen molar-refractivity contribution in [2.24, 2.45) is 0 Å². The Morgan fingerprint density at radius 1 is 0.684 bits per heavy atom. The average molecular weight is 266 g/mol. The van der Waals surface area contributed by atoms with Gasteiger partial charge in [-0.05, 0) is 19.0 Å². The first-order valence-electron chi connectivity index (χ1n) is 7.44. The molecule has 1 saturated heterocycles. The normalized spacial score (nSPS) is 18.2. The zero-order valence-electron chi connectivity index (χ0n) is 11.7. The molecule has 0 aliphatic carbocycles. The van der Waals surface area contributed by atoms with E-state index in [0.29, 0.717) is 0 Å². The second kappa shape index (κ2) is 5.34. The van der Waals surface area contributed by atoms with Gasteiger partial charge in [-0.2, -0.15) is 0 Å². The SMILES string of the molecule is Cc1ccc([Si]2(c3ccccc3)CCCCC2)cc1. The van der Waals surface area contributed by atoms with E-state index in [9.17, 15) is 0 Å². The van der Waals surface area contributed by atoms with Crippen LogP contribution in [0.1, 0.15) is 24.8 Å². The highest BCUT2D eigenvalue weighted by atomic mass is 28.3. The van der Waals surface area contributed by atoms with E-state index in [1.165, 1.54) is 36.9 Å². The molecule has 2 aromatic carbocycles. The molecule has 0 amide bonds. The lowest BCUT2D eigenvalue weighted by atomic mass is 10.2. The molecule has 0 aromatic heterocycles. The number of aryl methyl sites for hydroxylation is 1. The smallest absolute Gasteiger partial charge is 0.0626 e. The second-order valence-electron chi connectivity index (χ2n) is 5.87. The van der Waals surface area contributed by atoms with E-state index in [-0.39, 0.29) is 0 Å². The van der Waals surface area contributed by atoms with Gasteiger partial charge in [-0.1, -0.05) is 89.8 Å². The average Bonchev–Trinajstić information content (AvgIpc) is 2.49. The van der Waals surface area contributed by atoms with E-state index in [2.05, 4.69) is 61.5 Å². The highest BCUT2D eigenvalue weighted by Crippen LogP contribution is 2.28. The summed E-state index contributed by atoms with van der Waals surface area (Å²) in [5.41, 5.74) is 1.37. The van der Waals surface area contributed by atoms with Gasteiger partial charge < -0.3 is 0 Å². The van der Waals surface area contributed by atoms with Crippen molar-refractivity contribution in [3.05, 3.63) is 60.2 Å². The van der Waals surface area contributed by atoms with Crippen molar-refractivity contribution in [2.45, 2.75) is 38.3 Å². The van der Waals surface area contributed by atoms with Crippen LogP contribution >= 0.6 is 0 Å². The molecule has 2 aromatic rings. The van der Waals surface area contributed by atoms with E-state index in [4.69, 9.17) is 0 Å². The minimum absolute atomic E-state index is 1.37. The van der Waals surface area contributed by atoms with Gasteiger partial charge in [0.2, 0.25) is 0 Å². The summed E-state index contributed by atoms with van der Waals surface area (Å²) in [4.78, 5) is 0. The molecule has 1 aliphatic rings. The largest absolute Gasteiger partial charge is 0.118 e. The van der Waals surface area contributed by atoms with Crippen LogP contribution in [0.4, 0.5) is 0 Å². The van der Waals surface area contributed by atoms with Crippen LogP contribution in [0.15, 0.2) is 54.6 Å². The zero-order chi connectivity index (χ0) is 13.1. The molecule has 98 valence electrons. The minimum Gasteiger partial charge on any atom is -0.0626 e. The van der Waals surface area contributed by atoms with Crippen molar-refractivity contribution in [1.82, 2.24) is 0 Å². The predicted molar refractivity (Wildman–Crippen MR) is 86.1 cm³/mol. The third-order valence-corrected chi connectivity index (χ3v) is 9.93. The summed E-state index contributed by atoms with van der Waals surface area (Å²) in [5.74, 6) is 0. The molecule has 1 aliphatic heterocycles. The maximum atomic E-state index is 2.40. The number of benzene rings is 2. The Labute approximate surface area is 117 Å². The van der Waals surface area contributed by atoms with Crippen LogP contribution in [0, 0.1) is 6.92 Å². The molecule has 1 fully saturated rings. The first-order chi connectivity index (χ1) is 9.31. The van der Waals surface area contributed by atoms with Crippen LogP contribution in [0.2, 0.25) is 12.1 Å². The Morgan fingerprint density at radius 2 is 1.26 bits per heavy atom. The van der Waals surface area contributed by atoms with Crippen LogP contribution in [0.3, 0.4) is 0 Å². The van der Waals surface area contributed by atoms with Crippen LogP contribution in [0.5, 0.6) is 0 Å². The summed E-state index contributed by atoms with van der Waals surface area (Å²) < 4.78 is 0. The third kappa shape index (κ3) is 2.39. The molecule has 0 radical (unpaired) electrons. The molecule has 0 unspecified atom stereocenters. The van der Waals surface area contributed by atoms with E-state index in [0.717, 1.165) is 0 Å². The second-order valence-corrected chi connectivity index (χ2v) is 10.2. The summed E-state index contributed by atoms with van der Waals surface area (Å²) in [5, 5.41) is 3.28. The summed E-state index contributed by atoms with van der Waals surface area (Å²) in [7, 11) is -1.46. The molecular weight excluding hydrogens is 244 g/mol. The van der Waals surface area contributed by atoms with Gasteiger partial charge >= 0.3 is 0 Å². The lowest BCUT2D eigenvalue weighted by Gasteiger charge is -2.36. The monoisotopic (exact) mass is 266 g/mol. The standard InChI is InChI=1S/C18H22Si/c1-16-10-12-18(13-11-16)19(14-6-3-7-15-19)17-8-4-2-5-9-17/h2,4-5,8-13H,3,6-7,14-15H2,1H3. The van der Waals surface area contributed by atoms with Crippen LogP contribution < -0.4 is 10.4 Å². The molecular formula is C18H22Si. The van der Waals surface area contributed by atoms with Gasteiger partial charge in [-0.15, -0.1) is 0 Å². The fraction of sp³-hybridized carbons (Fsp3) is 0.333. The molecule has 1 heteroatoms. The summed E-state index contributed by atoms with van der Waals surface area (Å²) >= 11 is 0. The molecule has 1 heterocycles. The zero-order valence-corrected chi connectivity index (χ0v) is 12.7. The van der Waals surface area contributed by atoms with Gasteiger partial charge in [0, 0.05) is 0 Å². The number of hydrogen-bond acceptors (Lipinski definition) is 0. The van der Waals surface area contributed by atoms with E-state index < -0.39 is 8.07 Å². The fourth-order valence-corrected chi connectivity index (χ4v) is 8.61.